The average Bonchev–Trinajstić information content (AvgIpc) is 3.62. The maximum Gasteiger partial charge on any atom is 0.315 e. The van der Waals surface area contributed by atoms with Gasteiger partial charge in [-0.3, -0.25) is 9.59 Å². The van der Waals surface area contributed by atoms with Gasteiger partial charge in [-0.2, -0.15) is 0 Å². The van der Waals surface area contributed by atoms with Crippen LogP contribution in [0, 0.1) is 23.4 Å². The monoisotopic (exact) mass is 504 g/mol. The van der Waals surface area contributed by atoms with E-state index >= 15 is 0 Å². The number of benzene rings is 1. The number of nitrogens with zero attached hydrogens (tertiary/aromatic N) is 1. The Bertz CT molecular complexity index is 1210. The third-order valence-corrected chi connectivity index (χ3v) is 7.12. The van der Waals surface area contributed by atoms with Gasteiger partial charge in [-0.25, -0.2) is 18.0 Å². The van der Waals surface area contributed by atoms with Crippen LogP contribution in [0.25, 0.3) is 0 Å². The minimum Gasteiger partial charge on any atom is -0.376 e. The second kappa shape index (κ2) is 9.96. The van der Waals surface area contributed by atoms with Gasteiger partial charge < -0.3 is 25.3 Å². The van der Waals surface area contributed by atoms with Gasteiger partial charge in [-0.1, -0.05) is 0 Å². The zero-order valence-corrected chi connectivity index (χ0v) is 19.4. The summed E-state index contributed by atoms with van der Waals surface area (Å²) in [5.41, 5.74) is -0.677. The van der Waals surface area contributed by atoms with Gasteiger partial charge in [0.05, 0.1) is 37.4 Å². The van der Waals surface area contributed by atoms with Crippen molar-refractivity contribution in [2.24, 2.45) is 5.92 Å². The molecule has 3 N–H and O–H groups in total. The molecule has 0 bridgehead atoms. The summed E-state index contributed by atoms with van der Waals surface area (Å²) in [5, 5.41) is 8.72. The Hall–Kier alpha value is -3.34. The minimum atomic E-state index is -1.58. The van der Waals surface area contributed by atoms with Crippen LogP contribution in [0.5, 0.6) is 0 Å². The lowest BCUT2D eigenvalue weighted by molar-refractivity contribution is 0.00460. The molecule has 0 radical (unpaired) electrons. The Balaban J connectivity index is 1.22. The van der Waals surface area contributed by atoms with Crippen molar-refractivity contribution in [3.63, 3.8) is 0 Å². The molecule has 3 fully saturated rings. The molecule has 36 heavy (non-hydrogen) atoms. The van der Waals surface area contributed by atoms with E-state index < -0.39 is 28.9 Å². The number of hydrogen-bond acceptors (Lipinski definition) is 4. The smallest absolute Gasteiger partial charge is 0.315 e. The van der Waals surface area contributed by atoms with E-state index in [1.54, 1.807) is 0 Å². The molecule has 192 valence electrons. The number of hydrogen-bond donors (Lipinski definition) is 3. The summed E-state index contributed by atoms with van der Waals surface area (Å²) in [6, 6.07) is 4.27. The Labute approximate surface area is 205 Å². The third kappa shape index (κ3) is 5.25. The molecule has 2 aromatic rings. The van der Waals surface area contributed by atoms with Crippen molar-refractivity contribution in [1.82, 2.24) is 20.5 Å². The number of carbonyl (C=O) groups excluding carboxylic acids is 2. The summed E-state index contributed by atoms with van der Waals surface area (Å²) < 4.78 is 47.6. The fourth-order valence-corrected chi connectivity index (χ4v) is 5.00. The number of fused-ring (bicyclic) bond motifs is 1. The Morgan fingerprint density at radius 1 is 1.08 bits per heavy atom. The van der Waals surface area contributed by atoms with E-state index in [4.69, 9.17) is 4.74 Å². The van der Waals surface area contributed by atoms with Crippen LogP contribution in [-0.2, 0) is 11.3 Å². The number of aromatic nitrogens is 1. The quantitative estimate of drug-likeness (QED) is 0.481. The SMILES string of the molecule is O=C1NC2CCC(OC[C@H](NC(=O)c3cccn(Cc4cc(F)c(F)c(F)c4)c3=O)C3CC3)CC2N1. The molecule has 1 aromatic heterocycles. The summed E-state index contributed by atoms with van der Waals surface area (Å²) >= 11 is 0. The molecule has 1 saturated heterocycles. The first-order chi connectivity index (χ1) is 17.3. The van der Waals surface area contributed by atoms with E-state index in [2.05, 4.69) is 16.0 Å². The number of nitrogens with one attached hydrogen (secondary N) is 3. The number of urea groups is 1. The van der Waals surface area contributed by atoms with Crippen molar-refractivity contribution in [2.75, 3.05) is 6.61 Å². The van der Waals surface area contributed by atoms with Gasteiger partial charge in [-0.05, 0) is 67.9 Å². The number of amides is 3. The highest BCUT2D eigenvalue weighted by Crippen LogP contribution is 2.34. The average molecular weight is 505 g/mol. The number of pyridine rings is 1. The standard InChI is InChI=1S/C25H27F3N4O4/c26-17-8-13(9-18(27)22(17)28)11-32-7-1-2-16(24(32)34)23(33)29-21(14-3-4-14)12-36-15-5-6-19-20(10-15)31-25(35)30-19/h1-2,7-9,14-15,19-21H,3-6,10-12H2,(H,29,33)(H2,30,31,35)/t15?,19?,20?,21-/m0/s1. The zero-order valence-electron chi connectivity index (χ0n) is 19.4. The summed E-state index contributed by atoms with van der Waals surface area (Å²) in [4.78, 5) is 37.5. The lowest BCUT2D eigenvalue weighted by Crippen LogP contribution is -2.45. The highest BCUT2D eigenvalue weighted by atomic mass is 19.2. The van der Waals surface area contributed by atoms with Crippen molar-refractivity contribution >= 4 is 11.9 Å². The van der Waals surface area contributed by atoms with Crippen molar-refractivity contribution in [1.29, 1.82) is 0 Å². The second-order valence-electron chi connectivity index (χ2n) is 9.74. The first-order valence-electron chi connectivity index (χ1n) is 12.1. The Kier molecular flexibility index (Phi) is 6.74. The fraction of sp³-hybridized carbons (Fsp3) is 0.480. The molecule has 3 unspecified atom stereocenters. The summed E-state index contributed by atoms with van der Waals surface area (Å²) in [7, 11) is 0. The van der Waals surface area contributed by atoms with Gasteiger partial charge in [0.15, 0.2) is 17.5 Å². The molecular formula is C25H27F3N4O4. The largest absolute Gasteiger partial charge is 0.376 e. The first-order valence-corrected chi connectivity index (χ1v) is 12.1. The number of rotatable bonds is 8. The molecule has 2 aliphatic carbocycles. The maximum atomic E-state index is 13.6. The van der Waals surface area contributed by atoms with Crippen LogP contribution in [-0.4, -0.2) is 47.3 Å². The molecule has 3 amide bonds. The van der Waals surface area contributed by atoms with Gasteiger partial charge in [0, 0.05) is 6.20 Å². The molecule has 0 spiro atoms. The Morgan fingerprint density at radius 2 is 1.81 bits per heavy atom. The summed E-state index contributed by atoms with van der Waals surface area (Å²) in [6.07, 6.45) is 5.59. The van der Waals surface area contributed by atoms with Gasteiger partial charge in [0.2, 0.25) is 0 Å². The second-order valence-corrected chi connectivity index (χ2v) is 9.74. The molecule has 1 aliphatic heterocycles. The van der Waals surface area contributed by atoms with Crippen molar-refractivity contribution < 1.29 is 27.5 Å². The van der Waals surface area contributed by atoms with Crippen LogP contribution in [0.3, 0.4) is 0 Å². The topological polar surface area (TPSA) is 101 Å². The van der Waals surface area contributed by atoms with Gasteiger partial charge >= 0.3 is 6.03 Å². The maximum absolute atomic E-state index is 13.6. The van der Waals surface area contributed by atoms with Crippen LogP contribution in [0.4, 0.5) is 18.0 Å². The molecule has 2 saturated carbocycles. The normalized spacial score (nSPS) is 24.0. The number of carbonyl (C=O) groups is 2. The predicted octanol–water partition coefficient (Wildman–Crippen LogP) is 2.44. The Morgan fingerprint density at radius 3 is 2.53 bits per heavy atom. The molecular weight excluding hydrogens is 477 g/mol. The minimum absolute atomic E-state index is 0.0324. The van der Waals surface area contributed by atoms with Crippen LogP contribution >= 0.6 is 0 Å². The van der Waals surface area contributed by atoms with E-state index in [-0.39, 0.29) is 53.9 Å². The molecule has 4 atom stereocenters. The van der Waals surface area contributed by atoms with E-state index in [9.17, 15) is 27.6 Å². The summed E-state index contributed by atoms with van der Waals surface area (Å²) in [5.74, 6) is -4.57. The summed E-state index contributed by atoms with van der Waals surface area (Å²) in [6.45, 7) is 0.0769. The number of halogens is 3. The molecule has 1 aromatic carbocycles. The first kappa shape index (κ1) is 24.4. The molecule has 2 heterocycles. The van der Waals surface area contributed by atoms with Gasteiger partial charge in [0.1, 0.15) is 5.56 Å². The van der Waals surface area contributed by atoms with Crippen molar-refractivity contribution in [2.45, 2.75) is 62.9 Å². The molecule has 3 aliphatic rings. The van der Waals surface area contributed by atoms with Crippen LogP contribution in [0.15, 0.2) is 35.3 Å². The zero-order chi connectivity index (χ0) is 25.4. The van der Waals surface area contributed by atoms with E-state index in [1.165, 1.54) is 18.3 Å². The van der Waals surface area contributed by atoms with E-state index in [0.29, 0.717) is 13.0 Å². The lowest BCUT2D eigenvalue weighted by Gasteiger charge is -2.31. The van der Waals surface area contributed by atoms with Gasteiger partial charge in [-0.15, -0.1) is 0 Å². The predicted molar refractivity (Wildman–Crippen MR) is 123 cm³/mol. The fourth-order valence-electron chi connectivity index (χ4n) is 5.00. The highest BCUT2D eigenvalue weighted by Gasteiger charge is 2.39. The van der Waals surface area contributed by atoms with E-state index in [0.717, 1.165) is 42.4 Å². The van der Waals surface area contributed by atoms with Crippen LogP contribution in [0.1, 0.15) is 48.0 Å². The molecule has 5 rings (SSSR count). The van der Waals surface area contributed by atoms with Gasteiger partial charge in [0.25, 0.3) is 11.5 Å². The van der Waals surface area contributed by atoms with E-state index in [1.807, 2.05) is 0 Å². The molecule has 8 nitrogen and oxygen atoms in total. The highest BCUT2D eigenvalue weighted by molar-refractivity contribution is 5.94. The number of ether oxygens (including phenoxy) is 1. The van der Waals surface area contributed by atoms with Crippen molar-refractivity contribution in [3.8, 4) is 0 Å². The van der Waals surface area contributed by atoms with Crippen molar-refractivity contribution in [3.05, 3.63) is 69.4 Å². The lowest BCUT2D eigenvalue weighted by atomic mass is 9.89. The third-order valence-electron chi connectivity index (χ3n) is 7.12. The van der Waals surface area contributed by atoms with Crippen LogP contribution < -0.4 is 21.5 Å². The van der Waals surface area contributed by atoms with Crippen LogP contribution in [0.2, 0.25) is 0 Å². The molecule has 11 heteroatoms.